The van der Waals surface area contributed by atoms with E-state index in [-0.39, 0.29) is 0 Å². The molecular weight excluding hydrogens is 362 g/mol. The van der Waals surface area contributed by atoms with E-state index in [4.69, 9.17) is 4.74 Å². The fourth-order valence-corrected chi connectivity index (χ4v) is 3.07. The zero-order chi connectivity index (χ0) is 19.7. The van der Waals surface area contributed by atoms with Crippen molar-refractivity contribution in [2.24, 2.45) is 0 Å². The van der Waals surface area contributed by atoms with Gasteiger partial charge in [-0.25, -0.2) is 15.0 Å². The van der Waals surface area contributed by atoms with Crippen molar-refractivity contribution in [1.82, 2.24) is 19.5 Å². The first-order valence-electron chi connectivity index (χ1n) is 8.98. The first-order chi connectivity index (χ1) is 13.6. The lowest BCUT2D eigenvalue weighted by atomic mass is 10.2. The summed E-state index contributed by atoms with van der Waals surface area (Å²) in [6.07, 6.45) is -0.352. The number of aliphatic hydroxyl groups excluding tert-OH is 1. The van der Waals surface area contributed by atoms with E-state index in [1.807, 2.05) is 37.3 Å². The van der Waals surface area contributed by atoms with E-state index in [1.165, 1.54) is 10.9 Å². The maximum absolute atomic E-state index is 12.3. The number of carbonyl (C=O) groups excluding carboxylic acids is 2. The van der Waals surface area contributed by atoms with Crippen molar-refractivity contribution in [2.45, 2.75) is 32.2 Å². The zero-order valence-electron chi connectivity index (χ0n) is 15.2. The summed E-state index contributed by atoms with van der Waals surface area (Å²) in [4.78, 5) is 37.5. The number of Topliss-reactive ketones (excluding diaryl/α,β-unsaturated/α-hetero) is 2. The monoisotopic (exact) mass is 381 g/mol. The molecule has 9 nitrogen and oxygen atoms in total. The topological polar surface area (TPSA) is 119 Å². The molecule has 1 aromatic carbocycles. The van der Waals surface area contributed by atoms with E-state index < -0.39 is 30.5 Å². The lowest BCUT2D eigenvalue weighted by molar-refractivity contribution is -0.136. The van der Waals surface area contributed by atoms with Gasteiger partial charge in [0.2, 0.25) is 12.0 Å². The second-order valence-corrected chi connectivity index (χ2v) is 6.39. The fraction of sp³-hybridized carbons (Fsp3) is 0.316. The molecule has 0 unspecified atom stereocenters. The maximum Gasteiger partial charge on any atom is 0.251 e. The highest BCUT2D eigenvalue weighted by atomic mass is 16.5. The molecule has 3 aromatic rings. The number of aryl methyl sites for hydroxylation is 1. The molecule has 0 aliphatic carbocycles. The van der Waals surface area contributed by atoms with Crippen LogP contribution < -0.4 is 5.32 Å². The predicted molar refractivity (Wildman–Crippen MR) is 99.5 cm³/mol. The number of nitrogens with one attached hydrogen (secondary N) is 1. The molecule has 0 bridgehead atoms. The van der Waals surface area contributed by atoms with E-state index in [0.717, 1.165) is 5.56 Å². The minimum Gasteiger partial charge on any atom is -0.393 e. The van der Waals surface area contributed by atoms with Crippen LogP contribution >= 0.6 is 0 Å². The van der Waals surface area contributed by atoms with Crippen LogP contribution in [0.25, 0.3) is 11.2 Å². The Morgan fingerprint density at radius 3 is 2.64 bits per heavy atom. The number of ether oxygens (including phenoxy) is 1. The van der Waals surface area contributed by atoms with Crippen LogP contribution in [0.15, 0.2) is 36.7 Å². The molecule has 2 atom stereocenters. The molecule has 0 amide bonds. The standard InChI is InChI=1S/C19H19N5O4/c1-2-13-22-17(20-8-11-6-4-3-5-7-11)14-18(23-13)24(10-21-14)19-16(27)15(26)12(9-25)28-19/h3-7,10,12,19,25H,2,8-9H2,1H3,(H,20,22,23)/t12-,19+/m1/s1. The smallest absolute Gasteiger partial charge is 0.251 e. The van der Waals surface area contributed by atoms with Crippen LogP contribution in [0.2, 0.25) is 0 Å². The highest BCUT2D eigenvalue weighted by Gasteiger charge is 2.43. The Hall–Kier alpha value is -3.17. The Morgan fingerprint density at radius 1 is 1.18 bits per heavy atom. The van der Waals surface area contributed by atoms with Crippen LogP contribution in [-0.2, 0) is 27.3 Å². The first-order valence-corrected chi connectivity index (χ1v) is 8.98. The second-order valence-electron chi connectivity index (χ2n) is 6.39. The molecule has 1 fully saturated rings. The Balaban J connectivity index is 1.71. The first kappa shape index (κ1) is 18.2. The van der Waals surface area contributed by atoms with Crippen LogP contribution in [0.5, 0.6) is 0 Å². The van der Waals surface area contributed by atoms with Crippen molar-refractivity contribution in [3.05, 3.63) is 48.0 Å². The molecule has 3 heterocycles. The molecule has 9 heteroatoms. The van der Waals surface area contributed by atoms with Gasteiger partial charge in [0, 0.05) is 13.0 Å². The summed E-state index contributed by atoms with van der Waals surface area (Å²) in [5, 5.41) is 12.5. The summed E-state index contributed by atoms with van der Waals surface area (Å²) in [5.41, 5.74) is 1.95. The summed E-state index contributed by atoms with van der Waals surface area (Å²) in [6.45, 7) is 1.92. The number of rotatable bonds is 6. The number of nitrogens with zero attached hydrogens (tertiary/aromatic N) is 4. The SMILES string of the molecule is CCc1nc(NCc2ccccc2)c2ncn([C@H]3O[C@H](CO)C(=O)C3=O)c2n1. The van der Waals surface area contributed by atoms with Gasteiger partial charge in [-0.1, -0.05) is 37.3 Å². The van der Waals surface area contributed by atoms with E-state index in [9.17, 15) is 14.7 Å². The number of hydrogen-bond donors (Lipinski definition) is 2. The molecule has 1 aliphatic rings. The Kier molecular flexibility index (Phi) is 4.84. The number of carbonyl (C=O) groups is 2. The number of anilines is 1. The van der Waals surface area contributed by atoms with E-state index in [2.05, 4.69) is 20.3 Å². The molecule has 4 rings (SSSR count). The molecule has 1 aliphatic heterocycles. The third kappa shape index (κ3) is 3.14. The molecule has 1 saturated heterocycles. The summed E-state index contributed by atoms with van der Waals surface area (Å²) in [6, 6.07) is 9.85. The lowest BCUT2D eigenvalue weighted by Gasteiger charge is -2.12. The molecule has 0 saturated carbocycles. The lowest BCUT2D eigenvalue weighted by Crippen LogP contribution is -2.23. The highest BCUT2D eigenvalue weighted by Crippen LogP contribution is 2.28. The van der Waals surface area contributed by atoms with Crippen molar-refractivity contribution >= 4 is 28.5 Å². The van der Waals surface area contributed by atoms with Crippen molar-refractivity contribution in [3.8, 4) is 0 Å². The minimum absolute atomic E-state index is 0.396. The van der Waals surface area contributed by atoms with Gasteiger partial charge >= 0.3 is 0 Å². The summed E-state index contributed by atoms with van der Waals surface area (Å²) in [7, 11) is 0. The molecule has 28 heavy (non-hydrogen) atoms. The average molecular weight is 381 g/mol. The molecular formula is C19H19N5O4. The maximum atomic E-state index is 12.3. The Labute approximate surface area is 160 Å². The van der Waals surface area contributed by atoms with E-state index in [1.54, 1.807) is 0 Å². The molecule has 0 spiro atoms. The molecule has 2 aromatic heterocycles. The minimum atomic E-state index is -1.18. The number of fused-ring (bicyclic) bond motifs is 1. The number of aliphatic hydroxyl groups is 1. The van der Waals surface area contributed by atoms with Crippen LogP contribution in [0, 0.1) is 0 Å². The largest absolute Gasteiger partial charge is 0.393 e. The van der Waals surface area contributed by atoms with E-state index >= 15 is 0 Å². The number of benzene rings is 1. The van der Waals surface area contributed by atoms with Crippen LogP contribution in [0.1, 0.15) is 24.5 Å². The van der Waals surface area contributed by atoms with Gasteiger partial charge in [0.1, 0.15) is 11.9 Å². The number of aromatic nitrogens is 4. The van der Waals surface area contributed by atoms with Gasteiger partial charge in [0.15, 0.2) is 17.0 Å². The zero-order valence-corrected chi connectivity index (χ0v) is 15.2. The van der Waals surface area contributed by atoms with E-state index in [0.29, 0.717) is 35.8 Å². The van der Waals surface area contributed by atoms with Gasteiger partial charge in [0.25, 0.3) is 5.78 Å². The summed E-state index contributed by atoms with van der Waals surface area (Å²) < 4.78 is 6.84. The Morgan fingerprint density at radius 2 is 1.96 bits per heavy atom. The Bertz CT molecular complexity index is 1030. The number of ketones is 2. The highest BCUT2D eigenvalue weighted by molar-refractivity contribution is 6.41. The van der Waals surface area contributed by atoms with Crippen LogP contribution in [0.3, 0.4) is 0 Å². The summed E-state index contributed by atoms with van der Waals surface area (Å²) >= 11 is 0. The van der Waals surface area contributed by atoms with Gasteiger partial charge < -0.3 is 15.2 Å². The third-order valence-corrected chi connectivity index (χ3v) is 4.56. The predicted octanol–water partition coefficient (Wildman–Crippen LogP) is 1.03. The van der Waals surface area contributed by atoms with Crippen molar-refractivity contribution < 1.29 is 19.4 Å². The summed E-state index contributed by atoms with van der Waals surface area (Å²) in [5.74, 6) is -0.365. The number of imidazole rings is 1. The average Bonchev–Trinajstić information content (AvgIpc) is 3.28. The van der Waals surface area contributed by atoms with Gasteiger partial charge in [0.05, 0.1) is 12.9 Å². The van der Waals surface area contributed by atoms with Crippen LogP contribution in [0.4, 0.5) is 5.82 Å². The van der Waals surface area contributed by atoms with Crippen molar-refractivity contribution in [1.29, 1.82) is 0 Å². The fourth-order valence-electron chi connectivity index (χ4n) is 3.07. The quantitative estimate of drug-likeness (QED) is 0.608. The van der Waals surface area contributed by atoms with Crippen molar-refractivity contribution in [3.63, 3.8) is 0 Å². The molecule has 144 valence electrons. The van der Waals surface area contributed by atoms with Gasteiger partial charge in [-0.15, -0.1) is 0 Å². The molecule has 0 radical (unpaired) electrons. The van der Waals surface area contributed by atoms with Gasteiger partial charge in [-0.3, -0.25) is 14.2 Å². The normalized spacial score (nSPS) is 19.5. The second kappa shape index (κ2) is 7.45. The number of hydrogen-bond acceptors (Lipinski definition) is 8. The van der Waals surface area contributed by atoms with Crippen molar-refractivity contribution in [2.75, 3.05) is 11.9 Å². The molecule has 2 N–H and O–H groups in total. The van der Waals surface area contributed by atoms with Gasteiger partial charge in [-0.05, 0) is 5.56 Å². The van der Waals surface area contributed by atoms with Crippen LogP contribution in [-0.4, -0.2) is 48.9 Å². The third-order valence-electron chi connectivity index (χ3n) is 4.56. The van der Waals surface area contributed by atoms with Gasteiger partial charge in [-0.2, -0.15) is 0 Å².